The molecule has 2 rings (SSSR count). The van der Waals surface area contributed by atoms with Gasteiger partial charge in [-0.05, 0) is 25.2 Å². The lowest BCUT2D eigenvalue weighted by molar-refractivity contribution is 0.0274. The van der Waals surface area contributed by atoms with Gasteiger partial charge in [0.1, 0.15) is 5.82 Å². The van der Waals surface area contributed by atoms with Gasteiger partial charge in [0.25, 0.3) is 0 Å². The van der Waals surface area contributed by atoms with Crippen LogP contribution in [0.3, 0.4) is 0 Å². The van der Waals surface area contributed by atoms with Crippen molar-refractivity contribution in [2.45, 2.75) is 36.7 Å². The summed E-state index contributed by atoms with van der Waals surface area (Å²) in [6.07, 6.45) is 5.39. The van der Waals surface area contributed by atoms with E-state index in [2.05, 4.69) is 11.6 Å². The summed E-state index contributed by atoms with van der Waals surface area (Å²) in [5, 5.41) is 13.2. The number of rotatable bonds is 9. The molecule has 21 heavy (non-hydrogen) atoms. The number of ether oxygens (including phenoxy) is 1. The van der Waals surface area contributed by atoms with E-state index in [9.17, 15) is 9.50 Å². The fourth-order valence-electron chi connectivity index (χ4n) is 2.47. The molecule has 1 atom stereocenters. The third-order valence-electron chi connectivity index (χ3n) is 4.05. The molecule has 0 heterocycles. The van der Waals surface area contributed by atoms with Crippen molar-refractivity contribution >= 4 is 11.8 Å². The van der Waals surface area contributed by atoms with E-state index < -0.39 is 6.10 Å². The van der Waals surface area contributed by atoms with Crippen LogP contribution in [0.5, 0.6) is 0 Å². The van der Waals surface area contributed by atoms with Crippen LogP contribution in [0.25, 0.3) is 0 Å². The maximum absolute atomic E-state index is 13.4. The van der Waals surface area contributed by atoms with Gasteiger partial charge in [0.2, 0.25) is 0 Å². The van der Waals surface area contributed by atoms with Gasteiger partial charge in [0.05, 0.1) is 19.3 Å². The molecule has 0 saturated heterocycles. The molecule has 0 bridgehead atoms. The minimum atomic E-state index is -0.559. The van der Waals surface area contributed by atoms with Gasteiger partial charge in [-0.3, -0.25) is 0 Å². The molecule has 0 radical (unpaired) electrons. The molecule has 1 aromatic carbocycles. The summed E-state index contributed by atoms with van der Waals surface area (Å²) in [7, 11) is 0. The summed E-state index contributed by atoms with van der Waals surface area (Å²) in [4.78, 5) is 0. The lowest BCUT2D eigenvalue weighted by Crippen LogP contribution is -2.45. The summed E-state index contributed by atoms with van der Waals surface area (Å²) in [6, 6.07) is 6.54. The smallest absolute Gasteiger partial charge is 0.128 e. The Labute approximate surface area is 130 Å². The molecule has 118 valence electrons. The van der Waals surface area contributed by atoms with Gasteiger partial charge in [-0.15, -0.1) is 0 Å². The topological polar surface area (TPSA) is 41.5 Å². The molecule has 1 saturated carbocycles. The number of thioether (sulfide) groups is 1. The first kappa shape index (κ1) is 16.7. The van der Waals surface area contributed by atoms with Crippen LogP contribution in [0.4, 0.5) is 4.39 Å². The second kappa shape index (κ2) is 8.13. The van der Waals surface area contributed by atoms with Crippen molar-refractivity contribution in [3.05, 3.63) is 35.6 Å². The zero-order chi connectivity index (χ0) is 15.1. The molecule has 1 unspecified atom stereocenters. The molecule has 1 aliphatic carbocycles. The number of halogens is 1. The fraction of sp³-hybridized carbons (Fsp3) is 0.625. The maximum Gasteiger partial charge on any atom is 0.128 e. The monoisotopic (exact) mass is 313 g/mol. The van der Waals surface area contributed by atoms with Crippen molar-refractivity contribution in [1.82, 2.24) is 5.32 Å². The molecule has 1 fully saturated rings. The van der Waals surface area contributed by atoms with E-state index in [1.54, 1.807) is 18.2 Å². The predicted octanol–water partition coefficient (Wildman–Crippen LogP) is 2.58. The zero-order valence-electron chi connectivity index (χ0n) is 12.5. The Morgan fingerprint density at radius 3 is 2.81 bits per heavy atom. The molecular weight excluding hydrogens is 289 g/mol. The number of aliphatic hydroxyl groups is 1. The van der Waals surface area contributed by atoms with Crippen molar-refractivity contribution in [2.24, 2.45) is 0 Å². The molecule has 1 aromatic rings. The minimum Gasteiger partial charge on any atom is -0.389 e. The van der Waals surface area contributed by atoms with Gasteiger partial charge in [-0.25, -0.2) is 4.39 Å². The van der Waals surface area contributed by atoms with Crippen LogP contribution in [0, 0.1) is 5.82 Å². The third kappa shape index (κ3) is 4.95. The third-order valence-corrected chi connectivity index (χ3v) is 5.47. The molecule has 3 nitrogen and oxygen atoms in total. The molecule has 0 aliphatic heterocycles. The van der Waals surface area contributed by atoms with Crippen LogP contribution in [0.15, 0.2) is 24.3 Å². The largest absolute Gasteiger partial charge is 0.389 e. The Balaban J connectivity index is 1.59. The predicted molar refractivity (Wildman–Crippen MR) is 85.0 cm³/mol. The number of hydrogen-bond acceptors (Lipinski definition) is 4. The quantitative estimate of drug-likeness (QED) is 0.735. The molecular formula is C16H24FNO2S. The molecule has 0 aromatic heterocycles. The Morgan fingerprint density at radius 1 is 1.43 bits per heavy atom. The van der Waals surface area contributed by atoms with E-state index >= 15 is 0 Å². The summed E-state index contributed by atoms with van der Waals surface area (Å²) in [6.45, 7) is 1.85. The van der Waals surface area contributed by atoms with Crippen molar-refractivity contribution in [3.63, 3.8) is 0 Å². The number of nitrogens with one attached hydrogen (secondary N) is 1. The van der Waals surface area contributed by atoms with Gasteiger partial charge in [-0.1, -0.05) is 24.6 Å². The van der Waals surface area contributed by atoms with E-state index in [4.69, 9.17) is 4.74 Å². The van der Waals surface area contributed by atoms with Gasteiger partial charge in [0.15, 0.2) is 0 Å². The summed E-state index contributed by atoms with van der Waals surface area (Å²) in [5.41, 5.74) is 0.522. The highest BCUT2D eigenvalue weighted by molar-refractivity contribution is 8.00. The first-order valence-electron chi connectivity index (χ1n) is 7.40. The van der Waals surface area contributed by atoms with Gasteiger partial charge in [-0.2, -0.15) is 11.8 Å². The molecule has 0 amide bonds. The fourth-order valence-corrected chi connectivity index (χ4v) is 3.41. The van der Waals surface area contributed by atoms with E-state index in [0.717, 1.165) is 6.54 Å². The van der Waals surface area contributed by atoms with Crippen molar-refractivity contribution in [1.29, 1.82) is 0 Å². The van der Waals surface area contributed by atoms with Gasteiger partial charge in [0, 0.05) is 23.4 Å². The van der Waals surface area contributed by atoms with Crippen molar-refractivity contribution in [2.75, 3.05) is 26.0 Å². The van der Waals surface area contributed by atoms with Crippen LogP contribution in [-0.2, 0) is 11.3 Å². The second-order valence-electron chi connectivity index (χ2n) is 5.63. The average Bonchev–Trinajstić information content (AvgIpc) is 2.44. The number of benzene rings is 1. The van der Waals surface area contributed by atoms with E-state index in [1.165, 1.54) is 25.3 Å². The van der Waals surface area contributed by atoms with Gasteiger partial charge < -0.3 is 15.2 Å². The number of hydrogen-bond donors (Lipinski definition) is 2. The van der Waals surface area contributed by atoms with Crippen LogP contribution >= 0.6 is 11.8 Å². The normalized spacial score (nSPS) is 18.2. The van der Waals surface area contributed by atoms with Crippen molar-refractivity contribution < 1.29 is 14.2 Å². The average molecular weight is 313 g/mol. The highest BCUT2D eigenvalue weighted by Gasteiger charge is 2.35. The minimum absolute atomic E-state index is 0.193. The highest BCUT2D eigenvalue weighted by Crippen LogP contribution is 2.42. The highest BCUT2D eigenvalue weighted by atomic mass is 32.2. The molecule has 2 N–H and O–H groups in total. The summed E-state index contributed by atoms with van der Waals surface area (Å²) in [5.74, 6) is -0.267. The Kier molecular flexibility index (Phi) is 6.48. The maximum atomic E-state index is 13.4. The lowest BCUT2D eigenvalue weighted by atomic mass is 9.84. The lowest BCUT2D eigenvalue weighted by Gasteiger charge is -2.40. The summed E-state index contributed by atoms with van der Waals surface area (Å²) >= 11 is 1.91. The Bertz CT molecular complexity index is 435. The Hall–Kier alpha value is -0.620. The van der Waals surface area contributed by atoms with Gasteiger partial charge >= 0.3 is 0 Å². The summed E-state index contributed by atoms with van der Waals surface area (Å²) < 4.78 is 19.1. The molecule has 1 aliphatic rings. The van der Waals surface area contributed by atoms with E-state index in [0.29, 0.717) is 16.9 Å². The SMILES string of the molecule is CSC1(CNCC(O)COCc2ccccc2F)CCC1. The van der Waals surface area contributed by atoms with Crippen LogP contribution < -0.4 is 5.32 Å². The first-order chi connectivity index (χ1) is 10.2. The molecule has 0 spiro atoms. The van der Waals surface area contributed by atoms with Crippen LogP contribution in [0.2, 0.25) is 0 Å². The van der Waals surface area contributed by atoms with E-state index in [1.807, 2.05) is 11.8 Å². The second-order valence-corrected chi connectivity index (χ2v) is 6.91. The zero-order valence-corrected chi connectivity index (χ0v) is 13.3. The standard InChI is InChI=1S/C16H24FNO2S/c1-21-16(7-4-8-16)12-18-9-14(19)11-20-10-13-5-2-3-6-15(13)17/h2-3,5-6,14,18-19H,4,7-12H2,1H3. The Morgan fingerprint density at radius 2 is 2.19 bits per heavy atom. The van der Waals surface area contributed by atoms with Crippen LogP contribution in [0.1, 0.15) is 24.8 Å². The number of aliphatic hydroxyl groups excluding tert-OH is 1. The van der Waals surface area contributed by atoms with E-state index in [-0.39, 0.29) is 19.0 Å². The first-order valence-corrected chi connectivity index (χ1v) is 8.63. The van der Waals surface area contributed by atoms with Crippen LogP contribution in [-0.4, -0.2) is 41.9 Å². The van der Waals surface area contributed by atoms with Crippen molar-refractivity contribution in [3.8, 4) is 0 Å². The molecule has 5 heteroatoms.